The van der Waals surface area contributed by atoms with Gasteiger partial charge in [0, 0.05) is 49.4 Å². The lowest BCUT2D eigenvalue weighted by Crippen LogP contribution is -2.44. The summed E-state index contributed by atoms with van der Waals surface area (Å²) in [6, 6.07) is 23.0. The summed E-state index contributed by atoms with van der Waals surface area (Å²) in [5.74, 6) is 0.222. The molecule has 0 bridgehead atoms. The van der Waals surface area contributed by atoms with Crippen LogP contribution in [0.5, 0.6) is 0 Å². The molecule has 3 aromatic carbocycles. The van der Waals surface area contributed by atoms with E-state index in [1.54, 1.807) is 12.1 Å². The fourth-order valence-electron chi connectivity index (χ4n) is 4.57. The maximum absolute atomic E-state index is 13.1. The first-order valence-corrected chi connectivity index (χ1v) is 12.7. The fourth-order valence-corrected chi connectivity index (χ4v) is 4.57. The molecule has 0 spiro atoms. The minimum atomic E-state index is -0.535. The Bertz CT molecular complexity index is 1240. The monoisotopic (exact) mass is 499 g/mol. The van der Waals surface area contributed by atoms with Crippen molar-refractivity contribution in [1.82, 2.24) is 4.90 Å². The SMILES string of the molecule is CN1CCN(c2cc(C(=O)Nc3ccc([C@@H]4C[C@H]4N)cc3)ccc2NC(=O)OCc2ccccc2)CC1. The van der Waals surface area contributed by atoms with Crippen LogP contribution in [0.3, 0.4) is 0 Å². The van der Waals surface area contributed by atoms with E-state index in [9.17, 15) is 9.59 Å². The number of rotatable bonds is 7. The minimum absolute atomic E-state index is 0.183. The van der Waals surface area contributed by atoms with E-state index < -0.39 is 6.09 Å². The van der Waals surface area contributed by atoms with Crippen molar-refractivity contribution in [2.45, 2.75) is 25.0 Å². The zero-order valence-electron chi connectivity index (χ0n) is 21.0. The molecule has 1 saturated carbocycles. The lowest BCUT2D eigenvalue weighted by atomic mass is 10.1. The average molecular weight is 500 g/mol. The number of nitrogens with two attached hydrogens (primary N) is 1. The van der Waals surface area contributed by atoms with Crippen molar-refractivity contribution in [2.75, 3.05) is 48.8 Å². The summed E-state index contributed by atoms with van der Waals surface area (Å²) in [7, 11) is 2.09. The molecule has 2 fully saturated rings. The number of carbonyl (C=O) groups is 2. The molecular weight excluding hydrogens is 466 g/mol. The van der Waals surface area contributed by atoms with Crippen molar-refractivity contribution in [3.63, 3.8) is 0 Å². The molecular formula is C29H33N5O3. The van der Waals surface area contributed by atoms with Gasteiger partial charge in [0.25, 0.3) is 5.91 Å². The van der Waals surface area contributed by atoms with E-state index in [4.69, 9.17) is 10.5 Å². The Morgan fingerprint density at radius 2 is 1.65 bits per heavy atom. The quantitative estimate of drug-likeness (QED) is 0.449. The van der Waals surface area contributed by atoms with Crippen LogP contribution in [-0.4, -0.2) is 56.2 Å². The van der Waals surface area contributed by atoms with Gasteiger partial charge in [-0.1, -0.05) is 42.5 Å². The molecule has 1 saturated heterocycles. The van der Waals surface area contributed by atoms with Gasteiger partial charge in [-0.15, -0.1) is 0 Å². The van der Waals surface area contributed by atoms with E-state index in [0.717, 1.165) is 49.5 Å². The Labute approximate surface area is 217 Å². The number of nitrogens with zero attached hydrogens (tertiary/aromatic N) is 2. The molecule has 0 aromatic heterocycles. The smallest absolute Gasteiger partial charge is 0.412 e. The van der Waals surface area contributed by atoms with Crippen molar-refractivity contribution in [2.24, 2.45) is 5.73 Å². The van der Waals surface area contributed by atoms with Crippen molar-refractivity contribution < 1.29 is 14.3 Å². The van der Waals surface area contributed by atoms with Crippen LogP contribution in [0.1, 0.15) is 33.8 Å². The topological polar surface area (TPSA) is 99.9 Å². The van der Waals surface area contributed by atoms with E-state index in [1.807, 2.05) is 60.7 Å². The van der Waals surface area contributed by atoms with Crippen molar-refractivity contribution in [1.29, 1.82) is 0 Å². The van der Waals surface area contributed by atoms with Gasteiger partial charge in [0.15, 0.2) is 0 Å². The van der Waals surface area contributed by atoms with Crippen LogP contribution in [0.25, 0.3) is 0 Å². The Hall–Kier alpha value is -3.88. The molecule has 0 unspecified atom stereocenters. The summed E-state index contributed by atoms with van der Waals surface area (Å²) < 4.78 is 5.42. The number of hydrogen-bond donors (Lipinski definition) is 3. The highest BCUT2D eigenvalue weighted by molar-refractivity contribution is 6.06. The first-order valence-electron chi connectivity index (χ1n) is 12.7. The number of benzene rings is 3. The number of nitrogens with one attached hydrogen (secondary N) is 2. The first-order chi connectivity index (χ1) is 18.0. The lowest BCUT2D eigenvalue weighted by Gasteiger charge is -2.35. The second-order valence-corrected chi connectivity index (χ2v) is 9.79. The van der Waals surface area contributed by atoms with Crippen molar-refractivity contribution in [3.05, 3.63) is 89.5 Å². The molecule has 37 heavy (non-hydrogen) atoms. The molecule has 2 aliphatic rings. The lowest BCUT2D eigenvalue weighted by molar-refractivity contribution is 0.102. The largest absolute Gasteiger partial charge is 0.444 e. The summed E-state index contributed by atoms with van der Waals surface area (Å²) in [4.78, 5) is 30.1. The van der Waals surface area contributed by atoms with Gasteiger partial charge < -0.3 is 25.6 Å². The van der Waals surface area contributed by atoms with Crippen LogP contribution >= 0.6 is 0 Å². The third kappa shape index (κ3) is 6.28. The van der Waals surface area contributed by atoms with Gasteiger partial charge in [-0.2, -0.15) is 0 Å². The van der Waals surface area contributed by atoms with Gasteiger partial charge in [-0.3, -0.25) is 10.1 Å². The Morgan fingerprint density at radius 1 is 0.946 bits per heavy atom. The van der Waals surface area contributed by atoms with Gasteiger partial charge in [0.05, 0.1) is 11.4 Å². The second kappa shape index (κ2) is 11.0. The highest BCUT2D eigenvalue weighted by Gasteiger charge is 2.34. The Kier molecular flexibility index (Phi) is 7.39. The average Bonchev–Trinajstić information content (AvgIpc) is 3.65. The van der Waals surface area contributed by atoms with E-state index in [-0.39, 0.29) is 18.6 Å². The molecule has 8 nitrogen and oxygen atoms in total. The number of ether oxygens (including phenoxy) is 1. The maximum Gasteiger partial charge on any atom is 0.412 e. The first kappa shape index (κ1) is 24.8. The highest BCUT2D eigenvalue weighted by Crippen LogP contribution is 2.39. The molecule has 0 radical (unpaired) electrons. The van der Waals surface area contributed by atoms with Gasteiger partial charge in [0.2, 0.25) is 0 Å². The van der Waals surface area contributed by atoms with Crippen LogP contribution in [0.15, 0.2) is 72.8 Å². The van der Waals surface area contributed by atoms with Gasteiger partial charge in [-0.25, -0.2) is 4.79 Å². The van der Waals surface area contributed by atoms with Crippen LogP contribution in [0, 0.1) is 0 Å². The summed E-state index contributed by atoms with van der Waals surface area (Å²) >= 11 is 0. The highest BCUT2D eigenvalue weighted by atomic mass is 16.5. The van der Waals surface area contributed by atoms with Crippen LogP contribution in [0.2, 0.25) is 0 Å². The molecule has 8 heteroatoms. The van der Waals surface area contributed by atoms with E-state index in [0.29, 0.717) is 17.2 Å². The molecule has 4 N–H and O–H groups in total. The predicted molar refractivity (Wildman–Crippen MR) is 146 cm³/mol. The fraction of sp³-hybridized carbons (Fsp3) is 0.310. The van der Waals surface area contributed by atoms with E-state index in [2.05, 4.69) is 27.5 Å². The summed E-state index contributed by atoms with van der Waals surface area (Å²) in [5, 5.41) is 5.86. The number of anilines is 3. The molecule has 2 amide bonds. The predicted octanol–water partition coefficient (Wildman–Crippen LogP) is 4.25. The third-order valence-corrected chi connectivity index (χ3v) is 6.99. The van der Waals surface area contributed by atoms with Gasteiger partial charge >= 0.3 is 6.09 Å². The zero-order chi connectivity index (χ0) is 25.8. The molecule has 1 heterocycles. The Morgan fingerprint density at radius 3 is 2.32 bits per heavy atom. The zero-order valence-corrected chi connectivity index (χ0v) is 21.0. The summed E-state index contributed by atoms with van der Waals surface area (Å²) in [6.07, 6.45) is 0.480. The minimum Gasteiger partial charge on any atom is -0.444 e. The van der Waals surface area contributed by atoms with Gasteiger partial charge in [0.1, 0.15) is 6.61 Å². The summed E-state index contributed by atoms with van der Waals surface area (Å²) in [6.45, 7) is 3.55. The number of hydrogen-bond acceptors (Lipinski definition) is 6. The van der Waals surface area contributed by atoms with Crippen LogP contribution in [-0.2, 0) is 11.3 Å². The maximum atomic E-state index is 13.1. The molecule has 2 atom stereocenters. The van der Waals surface area contributed by atoms with E-state index in [1.165, 1.54) is 5.56 Å². The van der Waals surface area contributed by atoms with Crippen molar-refractivity contribution >= 4 is 29.1 Å². The number of amides is 2. The normalized spacial score (nSPS) is 19.2. The molecule has 5 rings (SSSR count). The number of piperazine rings is 1. The molecule has 1 aliphatic carbocycles. The second-order valence-electron chi connectivity index (χ2n) is 9.79. The molecule has 3 aromatic rings. The van der Waals surface area contributed by atoms with Gasteiger partial charge in [-0.05, 0) is 54.9 Å². The third-order valence-electron chi connectivity index (χ3n) is 6.99. The Balaban J connectivity index is 1.29. The van der Waals surface area contributed by atoms with E-state index >= 15 is 0 Å². The van der Waals surface area contributed by atoms with Crippen LogP contribution < -0.4 is 21.3 Å². The number of carbonyl (C=O) groups excluding carboxylic acids is 2. The summed E-state index contributed by atoms with van der Waals surface area (Å²) in [5.41, 5.74) is 10.7. The van der Waals surface area contributed by atoms with Crippen LogP contribution in [0.4, 0.5) is 21.9 Å². The molecule has 192 valence electrons. The molecule has 1 aliphatic heterocycles. The standard InChI is InChI=1S/C29H33N5O3/c1-33-13-15-34(16-14-33)27-17-22(28(35)31-23-10-7-21(8-11-23)24-18-25(24)30)9-12-26(27)32-29(36)37-19-20-5-3-2-4-6-20/h2-12,17,24-25H,13-16,18-19,30H2,1H3,(H,31,35)(H,32,36)/t24-,25+/m0/s1. The number of likely N-dealkylation sites (N-methyl/N-ethyl adjacent to an activating group) is 1. The van der Waals surface area contributed by atoms with Crippen molar-refractivity contribution in [3.8, 4) is 0 Å².